The maximum Gasteiger partial charge on any atom is 0.0644 e. The van der Waals surface area contributed by atoms with E-state index in [2.05, 4.69) is 43.1 Å². The molecule has 2 atom stereocenters. The van der Waals surface area contributed by atoms with Crippen LogP contribution in [0.4, 0.5) is 0 Å². The van der Waals surface area contributed by atoms with E-state index in [1.807, 2.05) is 11.7 Å². The predicted octanol–water partition coefficient (Wildman–Crippen LogP) is 1.64. The first-order valence-electron chi connectivity index (χ1n) is 6.98. The Hall–Kier alpha value is -0.870. The number of aryl methyl sites for hydroxylation is 2. The van der Waals surface area contributed by atoms with E-state index in [-0.39, 0.29) is 0 Å². The fourth-order valence-corrected chi connectivity index (χ4v) is 3.39. The summed E-state index contributed by atoms with van der Waals surface area (Å²) in [5, 5.41) is 7.93. The molecule has 1 aromatic rings. The summed E-state index contributed by atoms with van der Waals surface area (Å²) in [7, 11) is 4.10. The zero-order valence-corrected chi connectivity index (χ0v) is 12.3. The zero-order chi connectivity index (χ0) is 13.3. The third-order valence-corrected chi connectivity index (χ3v) is 4.36. The molecule has 18 heavy (non-hydrogen) atoms. The molecule has 1 aliphatic heterocycles. The summed E-state index contributed by atoms with van der Waals surface area (Å²) in [4.78, 5) is 2.60. The number of rotatable bonds is 4. The minimum Gasteiger partial charge on any atom is -0.319 e. The van der Waals surface area contributed by atoms with Crippen LogP contribution in [0.25, 0.3) is 0 Å². The van der Waals surface area contributed by atoms with Crippen molar-refractivity contribution in [1.82, 2.24) is 20.0 Å². The first kappa shape index (κ1) is 13.6. The number of nitrogens with one attached hydrogen (secondary N) is 1. The maximum atomic E-state index is 4.59. The van der Waals surface area contributed by atoms with Crippen LogP contribution in [0.1, 0.15) is 36.3 Å². The summed E-state index contributed by atoms with van der Waals surface area (Å²) in [6.07, 6.45) is 1.28. The number of hydrogen-bond acceptors (Lipinski definition) is 3. The minimum absolute atomic E-state index is 0.538. The summed E-state index contributed by atoms with van der Waals surface area (Å²) in [5.74, 6) is 0.705. The molecule has 0 aliphatic carbocycles. The van der Waals surface area contributed by atoms with Crippen LogP contribution in [0.2, 0.25) is 0 Å². The Bertz CT molecular complexity index is 410. The van der Waals surface area contributed by atoms with Crippen LogP contribution < -0.4 is 5.32 Å². The zero-order valence-electron chi connectivity index (χ0n) is 12.3. The first-order chi connectivity index (χ1) is 8.60. The normalized spacial score (nSPS) is 24.9. The molecule has 2 heterocycles. The standard InChI is InChI=1S/C14H26N4/c1-6-18-8-7-12(9-15-4)14(18)13-10(2)16-17(5)11(13)3/h12,14-15H,6-9H2,1-5H3. The van der Waals surface area contributed by atoms with Gasteiger partial charge in [0.25, 0.3) is 0 Å². The van der Waals surface area contributed by atoms with Crippen molar-refractivity contribution >= 4 is 0 Å². The summed E-state index contributed by atoms with van der Waals surface area (Å²) >= 11 is 0. The van der Waals surface area contributed by atoms with Crippen LogP contribution in [-0.2, 0) is 7.05 Å². The van der Waals surface area contributed by atoms with E-state index in [1.165, 1.54) is 29.9 Å². The Morgan fingerprint density at radius 3 is 2.61 bits per heavy atom. The molecule has 1 aromatic heterocycles. The fraction of sp³-hybridized carbons (Fsp3) is 0.786. The van der Waals surface area contributed by atoms with Crippen molar-refractivity contribution in [3.63, 3.8) is 0 Å². The second-order valence-electron chi connectivity index (χ2n) is 5.39. The number of hydrogen-bond donors (Lipinski definition) is 1. The minimum atomic E-state index is 0.538. The molecular weight excluding hydrogens is 224 g/mol. The molecular formula is C14H26N4. The van der Waals surface area contributed by atoms with E-state index in [9.17, 15) is 0 Å². The van der Waals surface area contributed by atoms with Crippen LogP contribution in [0.15, 0.2) is 0 Å². The predicted molar refractivity (Wildman–Crippen MR) is 74.7 cm³/mol. The largest absolute Gasteiger partial charge is 0.319 e. The lowest BCUT2D eigenvalue weighted by Crippen LogP contribution is -2.30. The molecule has 1 N–H and O–H groups in total. The van der Waals surface area contributed by atoms with Gasteiger partial charge in [-0.05, 0) is 52.9 Å². The second kappa shape index (κ2) is 5.41. The monoisotopic (exact) mass is 250 g/mol. The van der Waals surface area contributed by atoms with Gasteiger partial charge in [-0.1, -0.05) is 6.92 Å². The molecule has 0 spiro atoms. The molecule has 1 fully saturated rings. The van der Waals surface area contributed by atoms with Gasteiger partial charge in [0.1, 0.15) is 0 Å². The maximum absolute atomic E-state index is 4.59. The summed E-state index contributed by atoms with van der Waals surface area (Å²) in [6.45, 7) is 10.0. The molecule has 0 radical (unpaired) electrons. The lowest BCUT2D eigenvalue weighted by molar-refractivity contribution is 0.236. The molecule has 2 rings (SSSR count). The van der Waals surface area contributed by atoms with Gasteiger partial charge in [-0.2, -0.15) is 5.10 Å². The summed E-state index contributed by atoms with van der Waals surface area (Å²) < 4.78 is 2.02. The van der Waals surface area contributed by atoms with Gasteiger partial charge in [-0.25, -0.2) is 0 Å². The topological polar surface area (TPSA) is 33.1 Å². The van der Waals surface area contributed by atoms with Crippen molar-refractivity contribution in [2.24, 2.45) is 13.0 Å². The van der Waals surface area contributed by atoms with E-state index in [0.29, 0.717) is 12.0 Å². The lowest BCUT2D eigenvalue weighted by atomic mass is 9.92. The highest BCUT2D eigenvalue weighted by Crippen LogP contribution is 2.39. The van der Waals surface area contributed by atoms with Crippen molar-refractivity contribution in [2.45, 2.75) is 33.2 Å². The molecule has 0 amide bonds. The van der Waals surface area contributed by atoms with E-state index in [4.69, 9.17) is 0 Å². The van der Waals surface area contributed by atoms with E-state index >= 15 is 0 Å². The number of likely N-dealkylation sites (tertiary alicyclic amines) is 1. The summed E-state index contributed by atoms with van der Waals surface area (Å²) in [5.41, 5.74) is 3.97. The smallest absolute Gasteiger partial charge is 0.0644 e. The van der Waals surface area contributed by atoms with Gasteiger partial charge in [0.2, 0.25) is 0 Å². The average molecular weight is 250 g/mol. The van der Waals surface area contributed by atoms with Crippen LogP contribution in [0, 0.1) is 19.8 Å². The van der Waals surface area contributed by atoms with Crippen molar-refractivity contribution in [3.8, 4) is 0 Å². The SMILES string of the molecule is CCN1CCC(CNC)C1c1c(C)nn(C)c1C. The highest BCUT2D eigenvalue weighted by Gasteiger charge is 2.36. The molecule has 0 saturated carbocycles. The van der Waals surface area contributed by atoms with Gasteiger partial charge in [-0.15, -0.1) is 0 Å². The lowest BCUT2D eigenvalue weighted by Gasteiger charge is -2.28. The van der Waals surface area contributed by atoms with Crippen LogP contribution in [0.3, 0.4) is 0 Å². The van der Waals surface area contributed by atoms with Crippen molar-refractivity contribution in [3.05, 3.63) is 17.0 Å². The highest BCUT2D eigenvalue weighted by atomic mass is 15.3. The Kier molecular flexibility index (Phi) is 4.07. The quantitative estimate of drug-likeness (QED) is 0.882. The van der Waals surface area contributed by atoms with Crippen molar-refractivity contribution in [2.75, 3.05) is 26.7 Å². The van der Waals surface area contributed by atoms with Crippen molar-refractivity contribution in [1.29, 1.82) is 0 Å². The third-order valence-electron chi connectivity index (χ3n) is 4.36. The van der Waals surface area contributed by atoms with Crippen LogP contribution >= 0.6 is 0 Å². The van der Waals surface area contributed by atoms with Crippen LogP contribution in [0.5, 0.6) is 0 Å². The summed E-state index contributed by atoms with van der Waals surface area (Å²) in [6, 6.07) is 0.538. The Morgan fingerprint density at radius 2 is 2.11 bits per heavy atom. The highest BCUT2D eigenvalue weighted by molar-refractivity contribution is 5.30. The van der Waals surface area contributed by atoms with Gasteiger partial charge < -0.3 is 5.32 Å². The van der Waals surface area contributed by atoms with Gasteiger partial charge in [0, 0.05) is 24.3 Å². The van der Waals surface area contributed by atoms with Gasteiger partial charge in [0.05, 0.1) is 5.69 Å². The van der Waals surface area contributed by atoms with E-state index < -0.39 is 0 Å². The Labute approximate surface area is 110 Å². The molecule has 4 heteroatoms. The molecule has 1 saturated heterocycles. The van der Waals surface area contributed by atoms with Gasteiger partial charge in [0.15, 0.2) is 0 Å². The second-order valence-corrected chi connectivity index (χ2v) is 5.39. The Morgan fingerprint density at radius 1 is 1.39 bits per heavy atom. The van der Waals surface area contributed by atoms with E-state index in [0.717, 1.165) is 13.1 Å². The number of nitrogens with zero attached hydrogens (tertiary/aromatic N) is 3. The van der Waals surface area contributed by atoms with Crippen LogP contribution in [-0.4, -0.2) is 41.4 Å². The number of aromatic nitrogens is 2. The van der Waals surface area contributed by atoms with Gasteiger partial charge in [-0.3, -0.25) is 9.58 Å². The third kappa shape index (κ3) is 2.19. The molecule has 4 nitrogen and oxygen atoms in total. The molecule has 102 valence electrons. The fourth-order valence-electron chi connectivity index (χ4n) is 3.39. The molecule has 2 unspecified atom stereocenters. The molecule has 1 aliphatic rings. The average Bonchev–Trinajstić information content (AvgIpc) is 2.82. The molecule has 0 aromatic carbocycles. The Balaban J connectivity index is 2.37. The van der Waals surface area contributed by atoms with E-state index in [1.54, 1.807) is 0 Å². The van der Waals surface area contributed by atoms with Gasteiger partial charge >= 0.3 is 0 Å². The van der Waals surface area contributed by atoms with Crippen molar-refractivity contribution < 1.29 is 0 Å². The first-order valence-corrected chi connectivity index (χ1v) is 6.98. The molecule has 0 bridgehead atoms.